The molecule has 1 aliphatic heterocycles. The molecule has 0 bridgehead atoms. The van der Waals surface area contributed by atoms with Crippen LogP contribution in [0.5, 0.6) is 0 Å². The van der Waals surface area contributed by atoms with Crippen molar-refractivity contribution < 1.29 is 23.1 Å². The molecule has 1 aliphatic carbocycles. The summed E-state index contributed by atoms with van der Waals surface area (Å²) in [5.41, 5.74) is 0. The average Bonchev–Trinajstić information content (AvgIpc) is 2.35. The van der Waals surface area contributed by atoms with Crippen molar-refractivity contribution in [3.05, 3.63) is 11.7 Å². The summed E-state index contributed by atoms with van der Waals surface area (Å²) in [5.74, 6) is -5.91. The van der Waals surface area contributed by atoms with Crippen molar-refractivity contribution in [2.45, 2.75) is 12.8 Å². The van der Waals surface area contributed by atoms with E-state index < -0.39 is 35.4 Å². The quantitative estimate of drug-likeness (QED) is 0.424. The van der Waals surface area contributed by atoms with Crippen LogP contribution in [0.3, 0.4) is 0 Å². The van der Waals surface area contributed by atoms with Gasteiger partial charge in [-0.3, -0.25) is 9.59 Å². The van der Waals surface area contributed by atoms with E-state index >= 15 is 0 Å². The fourth-order valence-electron chi connectivity index (χ4n) is 1.67. The van der Waals surface area contributed by atoms with E-state index in [1.54, 1.807) is 0 Å². The lowest BCUT2D eigenvalue weighted by Gasteiger charge is -2.16. The van der Waals surface area contributed by atoms with Gasteiger partial charge in [0.1, 0.15) is 17.6 Å². The van der Waals surface area contributed by atoms with Gasteiger partial charge in [-0.05, 0) is 6.42 Å². The van der Waals surface area contributed by atoms with E-state index in [2.05, 4.69) is 4.74 Å². The molecule has 0 aromatic rings. The monoisotopic (exact) mass is 188 g/mol. The molecule has 0 aromatic carbocycles. The number of hydrogen-bond donors (Lipinski definition) is 0. The smallest absolute Gasteiger partial charge is 0.324 e. The van der Waals surface area contributed by atoms with Gasteiger partial charge in [0.25, 0.3) is 0 Å². The summed E-state index contributed by atoms with van der Waals surface area (Å²) in [7, 11) is 0. The summed E-state index contributed by atoms with van der Waals surface area (Å²) >= 11 is 0. The molecule has 0 aromatic heterocycles. The molecule has 13 heavy (non-hydrogen) atoms. The standard InChI is InChI=1S/C8H6F2O3/c9-4-2-1-3-5(6(4)10)8(12)13-7(3)11/h3,5H,1-2H2/t3-,5-/m0/s1. The number of fused-ring (bicyclic) bond motifs is 1. The van der Waals surface area contributed by atoms with Crippen LogP contribution in [-0.2, 0) is 14.3 Å². The molecule has 2 rings (SSSR count). The zero-order valence-corrected chi connectivity index (χ0v) is 6.55. The predicted molar refractivity (Wildman–Crippen MR) is 36.6 cm³/mol. The number of carbonyl (C=O) groups is 2. The Balaban J connectivity index is 2.40. The van der Waals surface area contributed by atoms with E-state index in [4.69, 9.17) is 0 Å². The highest BCUT2D eigenvalue weighted by Gasteiger charge is 2.50. The first-order chi connectivity index (χ1) is 6.11. The molecule has 1 heterocycles. The Kier molecular flexibility index (Phi) is 1.68. The number of cyclic esters (lactones) is 2. The molecule has 1 fully saturated rings. The van der Waals surface area contributed by atoms with E-state index in [9.17, 15) is 18.4 Å². The van der Waals surface area contributed by atoms with Gasteiger partial charge in [0.15, 0.2) is 0 Å². The summed E-state index contributed by atoms with van der Waals surface area (Å²) in [6.45, 7) is 0. The Hall–Kier alpha value is -1.26. The van der Waals surface area contributed by atoms with Gasteiger partial charge in [-0.2, -0.15) is 0 Å². The first kappa shape index (κ1) is 8.34. The molecule has 0 N–H and O–H groups in total. The first-order valence-electron chi connectivity index (χ1n) is 3.91. The highest BCUT2D eigenvalue weighted by atomic mass is 19.2. The number of halogens is 2. The molecule has 2 aliphatic rings. The maximum absolute atomic E-state index is 13.0. The van der Waals surface area contributed by atoms with Gasteiger partial charge in [0.2, 0.25) is 0 Å². The number of allylic oxidation sites excluding steroid dienone is 1. The van der Waals surface area contributed by atoms with Crippen LogP contribution in [0.15, 0.2) is 11.7 Å². The van der Waals surface area contributed by atoms with Crippen molar-refractivity contribution in [3.63, 3.8) is 0 Å². The fourth-order valence-corrected chi connectivity index (χ4v) is 1.67. The molecule has 3 nitrogen and oxygen atoms in total. The lowest BCUT2D eigenvalue weighted by atomic mass is 9.84. The van der Waals surface area contributed by atoms with Crippen LogP contribution in [0.25, 0.3) is 0 Å². The second-order valence-electron chi connectivity index (χ2n) is 3.12. The van der Waals surface area contributed by atoms with Crippen LogP contribution in [0.2, 0.25) is 0 Å². The first-order valence-corrected chi connectivity index (χ1v) is 3.91. The van der Waals surface area contributed by atoms with Crippen LogP contribution in [0.4, 0.5) is 8.78 Å². The average molecular weight is 188 g/mol. The zero-order valence-electron chi connectivity index (χ0n) is 6.55. The summed E-state index contributed by atoms with van der Waals surface area (Å²) < 4.78 is 29.9. The minimum Gasteiger partial charge on any atom is -0.392 e. The maximum Gasteiger partial charge on any atom is 0.324 e. The number of esters is 2. The second-order valence-corrected chi connectivity index (χ2v) is 3.12. The van der Waals surface area contributed by atoms with Crippen LogP contribution in [0, 0.1) is 11.8 Å². The molecule has 0 radical (unpaired) electrons. The topological polar surface area (TPSA) is 43.4 Å². The third-order valence-electron chi connectivity index (χ3n) is 2.37. The Bertz CT molecular complexity index is 321. The third kappa shape index (κ3) is 1.07. The largest absolute Gasteiger partial charge is 0.392 e. The van der Waals surface area contributed by atoms with Crippen molar-refractivity contribution in [1.29, 1.82) is 0 Å². The Morgan fingerprint density at radius 3 is 2.62 bits per heavy atom. The van der Waals surface area contributed by atoms with Gasteiger partial charge in [0.05, 0.1) is 5.92 Å². The van der Waals surface area contributed by atoms with Gasteiger partial charge < -0.3 is 4.74 Å². The second kappa shape index (κ2) is 2.61. The van der Waals surface area contributed by atoms with Gasteiger partial charge in [-0.25, -0.2) is 8.78 Å². The molecule has 0 unspecified atom stereocenters. The third-order valence-corrected chi connectivity index (χ3v) is 2.37. The summed E-state index contributed by atoms with van der Waals surface area (Å²) in [5, 5.41) is 0. The van der Waals surface area contributed by atoms with Gasteiger partial charge >= 0.3 is 11.9 Å². The molecule has 0 spiro atoms. The molecule has 0 amide bonds. The van der Waals surface area contributed by atoms with E-state index in [1.165, 1.54) is 0 Å². The Morgan fingerprint density at radius 2 is 1.92 bits per heavy atom. The lowest BCUT2D eigenvalue weighted by Crippen LogP contribution is -2.22. The van der Waals surface area contributed by atoms with Crippen molar-refractivity contribution in [2.24, 2.45) is 11.8 Å². The van der Waals surface area contributed by atoms with E-state index in [0.29, 0.717) is 0 Å². The van der Waals surface area contributed by atoms with Gasteiger partial charge in [-0.15, -0.1) is 0 Å². The molecule has 2 atom stereocenters. The minimum atomic E-state index is -1.32. The normalized spacial score (nSPS) is 33.4. The Morgan fingerprint density at radius 1 is 1.23 bits per heavy atom. The molecule has 0 saturated carbocycles. The summed E-state index contributed by atoms with van der Waals surface area (Å²) in [4.78, 5) is 21.8. The molecular weight excluding hydrogens is 182 g/mol. The van der Waals surface area contributed by atoms with Crippen LogP contribution in [0.1, 0.15) is 12.8 Å². The predicted octanol–water partition coefficient (Wildman–Crippen LogP) is 1.25. The number of rotatable bonds is 0. The fraction of sp³-hybridized carbons (Fsp3) is 0.500. The van der Waals surface area contributed by atoms with Crippen molar-refractivity contribution in [2.75, 3.05) is 0 Å². The number of carbonyl (C=O) groups excluding carboxylic acids is 2. The van der Waals surface area contributed by atoms with Crippen molar-refractivity contribution in [3.8, 4) is 0 Å². The van der Waals surface area contributed by atoms with Crippen LogP contribution >= 0.6 is 0 Å². The van der Waals surface area contributed by atoms with Crippen molar-refractivity contribution >= 4 is 11.9 Å². The van der Waals surface area contributed by atoms with Crippen LogP contribution in [-0.4, -0.2) is 11.9 Å². The minimum absolute atomic E-state index is 0.130. The molecular formula is C8H6F2O3. The lowest BCUT2D eigenvalue weighted by molar-refractivity contribution is -0.153. The maximum atomic E-state index is 13.0. The van der Waals surface area contributed by atoms with Gasteiger partial charge in [0, 0.05) is 6.42 Å². The Labute approximate surface area is 72.4 Å². The summed E-state index contributed by atoms with van der Waals surface area (Å²) in [6.07, 6.45) is 0.0177. The molecule has 5 heteroatoms. The molecule has 1 saturated heterocycles. The molecule has 70 valence electrons. The highest BCUT2D eigenvalue weighted by Crippen LogP contribution is 2.41. The zero-order chi connectivity index (χ0) is 9.59. The van der Waals surface area contributed by atoms with Crippen LogP contribution < -0.4 is 0 Å². The number of hydrogen-bond acceptors (Lipinski definition) is 3. The highest BCUT2D eigenvalue weighted by molar-refractivity contribution is 5.98. The number of ether oxygens (including phenoxy) is 1. The SMILES string of the molecule is O=C1OC(=O)[C@H]2CCC(F)=C(F)[C@@H]12. The summed E-state index contributed by atoms with van der Waals surface area (Å²) in [6, 6.07) is 0. The van der Waals surface area contributed by atoms with E-state index in [0.717, 1.165) is 0 Å². The van der Waals surface area contributed by atoms with E-state index in [-0.39, 0.29) is 12.8 Å². The van der Waals surface area contributed by atoms with Gasteiger partial charge in [-0.1, -0.05) is 0 Å². The van der Waals surface area contributed by atoms with E-state index in [1.807, 2.05) is 0 Å². The van der Waals surface area contributed by atoms with Crippen molar-refractivity contribution in [1.82, 2.24) is 0 Å².